The summed E-state index contributed by atoms with van der Waals surface area (Å²) in [5.41, 5.74) is -0.708. The summed E-state index contributed by atoms with van der Waals surface area (Å²) in [6.45, 7) is 16.6. The summed E-state index contributed by atoms with van der Waals surface area (Å²) >= 11 is 0. The Balaban J connectivity index is 3.50. The van der Waals surface area contributed by atoms with Crippen LogP contribution in [0.4, 0.5) is 4.79 Å². The molecule has 7 nitrogen and oxygen atoms in total. The molecular weight excluding hydrogens is 390 g/mol. The molecule has 1 saturated heterocycles. The lowest BCUT2D eigenvalue weighted by Gasteiger charge is -2.44. The highest BCUT2D eigenvalue weighted by atomic mass is 28.4. The Morgan fingerprint density at radius 2 is 1.38 bits per heavy atom. The van der Waals surface area contributed by atoms with Gasteiger partial charge in [-0.15, -0.1) is 0 Å². The zero-order chi connectivity index (χ0) is 22.7. The van der Waals surface area contributed by atoms with Gasteiger partial charge in [0, 0.05) is 12.3 Å². The Labute approximate surface area is 176 Å². The summed E-state index contributed by atoms with van der Waals surface area (Å²) in [5.74, 6) is -1.55. The van der Waals surface area contributed by atoms with Crippen molar-refractivity contribution in [1.82, 2.24) is 4.90 Å². The fourth-order valence-corrected chi connectivity index (χ4v) is 10.7. The van der Waals surface area contributed by atoms with E-state index in [9.17, 15) is 14.4 Å². The number of rotatable bonds is 8. The second-order valence-corrected chi connectivity index (χ2v) is 14.6. The van der Waals surface area contributed by atoms with Gasteiger partial charge in [0.15, 0.2) is 5.78 Å². The summed E-state index contributed by atoms with van der Waals surface area (Å²) in [4.78, 5) is 39.9. The Hall–Kier alpha value is -1.41. The number of ketones is 1. The van der Waals surface area contributed by atoms with E-state index in [1.54, 1.807) is 13.8 Å². The molecule has 8 heteroatoms. The molecule has 0 radical (unpaired) electrons. The second-order valence-electron chi connectivity index (χ2n) is 9.21. The van der Waals surface area contributed by atoms with Crippen LogP contribution in [0.25, 0.3) is 0 Å². The average molecular weight is 430 g/mol. The van der Waals surface area contributed by atoms with E-state index in [-0.39, 0.29) is 18.7 Å². The number of esters is 1. The van der Waals surface area contributed by atoms with E-state index >= 15 is 0 Å². The SMILES string of the molecule is COC(=O)N1C[C@H](O[Si](C(C)C)(C(C)C)C(C)C)C[C@@]1(C(=O)OC)C(=O)C(C)C. The van der Waals surface area contributed by atoms with Gasteiger partial charge < -0.3 is 13.9 Å². The van der Waals surface area contributed by atoms with E-state index < -0.39 is 37.9 Å². The molecule has 1 aliphatic heterocycles. The molecule has 0 aromatic heterocycles. The maximum atomic E-state index is 13.2. The number of hydrogen-bond donors (Lipinski definition) is 0. The molecule has 2 atom stereocenters. The largest absolute Gasteiger partial charge is 0.467 e. The van der Waals surface area contributed by atoms with Crippen LogP contribution in [-0.2, 0) is 23.5 Å². The minimum absolute atomic E-state index is 0.0900. The monoisotopic (exact) mass is 429 g/mol. The first-order valence-corrected chi connectivity index (χ1v) is 12.6. The summed E-state index contributed by atoms with van der Waals surface area (Å²) < 4.78 is 16.7. The van der Waals surface area contributed by atoms with Gasteiger partial charge in [0.2, 0.25) is 13.9 Å². The van der Waals surface area contributed by atoms with E-state index in [1.165, 1.54) is 19.1 Å². The number of nitrogens with zero attached hydrogens (tertiary/aromatic N) is 1. The van der Waals surface area contributed by atoms with Crippen LogP contribution in [-0.4, -0.2) is 63.5 Å². The first-order chi connectivity index (χ1) is 13.3. The molecule has 0 aliphatic carbocycles. The number of carbonyl (C=O) groups excluding carboxylic acids is 3. The van der Waals surface area contributed by atoms with E-state index in [2.05, 4.69) is 41.5 Å². The standard InChI is InChI=1S/C21H39NO6Si/c1-13(2)18(23)21(19(24)26-9)11-17(12-22(21)20(25)27-10)28-29(14(3)4,15(5)6)16(7)8/h13-17H,11-12H2,1-10H3/t17-,21+/m1/s1. The Morgan fingerprint density at radius 3 is 1.72 bits per heavy atom. The third-order valence-electron chi connectivity index (χ3n) is 6.30. The average Bonchev–Trinajstić information content (AvgIpc) is 3.03. The van der Waals surface area contributed by atoms with Gasteiger partial charge in [0.05, 0.1) is 26.9 Å². The molecule has 1 amide bonds. The lowest BCUT2D eigenvalue weighted by molar-refractivity contribution is -0.159. The quantitative estimate of drug-likeness (QED) is 0.327. The summed E-state index contributed by atoms with van der Waals surface area (Å²) in [5, 5.41) is 0. The Kier molecular flexibility index (Phi) is 8.48. The minimum Gasteiger partial charge on any atom is -0.467 e. The van der Waals surface area contributed by atoms with Gasteiger partial charge in [-0.2, -0.15) is 0 Å². The molecule has 0 spiro atoms. The van der Waals surface area contributed by atoms with E-state index in [1.807, 2.05) is 0 Å². The predicted octanol–water partition coefficient (Wildman–Crippen LogP) is 4.16. The van der Waals surface area contributed by atoms with Crippen molar-refractivity contribution in [1.29, 1.82) is 0 Å². The third-order valence-corrected chi connectivity index (χ3v) is 12.5. The molecule has 1 fully saturated rings. The van der Waals surface area contributed by atoms with Crippen molar-refractivity contribution in [3.8, 4) is 0 Å². The molecule has 0 aromatic rings. The normalized spacial score (nSPS) is 22.7. The predicted molar refractivity (Wildman–Crippen MR) is 114 cm³/mol. The molecule has 0 N–H and O–H groups in total. The molecule has 1 rings (SSSR count). The van der Waals surface area contributed by atoms with Crippen molar-refractivity contribution in [2.45, 2.75) is 90.1 Å². The topological polar surface area (TPSA) is 82.1 Å². The van der Waals surface area contributed by atoms with E-state index in [0.717, 1.165) is 0 Å². The molecule has 0 aromatic carbocycles. The summed E-state index contributed by atoms with van der Waals surface area (Å²) in [6.07, 6.45) is -1.07. The van der Waals surface area contributed by atoms with E-state index in [0.29, 0.717) is 16.6 Å². The zero-order valence-corrected chi connectivity index (χ0v) is 20.7. The molecule has 0 bridgehead atoms. The minimum atomic E-state index is -2.28. The van der Waals surface area contributed by atoms with Crippen molar-refractivity contribution in [2.24, 2.45) is 5.92 Å². The van der Waals surface area contributed by atoms with Gasteiger partial charge in [0.1, 0.15) is 0 Å². The van der Waals surface area contributed by atoms with Crippen LogP contribution >= 0.6 is 0 Å². The Bertz CT molecular complexity index is 597. The van der Waals surface area contributed by atoms with Crippen LogP contribution in [0, 0.1) is 5.92 Å². The first-order valence-electron chi connectivity index (χ1n) is 10.5. The Morgan fingerprint density at radius 1 is 0.897 bits per heavy atom. The number of likely N-dealkylation sites (tertiary alicyclic amines) is 1. The van der Waals surface area contributed by atoms with Crippen LogP contribution < -0.4 is 0 Å². The van der Waals surface area contributed by atoms with Gasteiger partial charge >= 0.3 is 12.1 Å². The summed E-state index contributed by atoms with van der Waals surface area (Å²) in [6, 6.07) is 0. The van der Waals surface area contributed by atoms with Crippen molar-refractivity contribution >= 4 is 26.2 Å². The van der Waals surface area contributed by atoms with Gasteiger partial charge in [-0.05, 0) is 16.6 Å². The molecule has 0 unspecified atom stereocenters. The fourth-order valence-electron chi connectivity index (χ4n) is 5.15. The van der Waals surface area contributed by atoms with Crippen LogP contribution in [0.5, 0.6) is 0 Å². The summed E-state index contributed by atoms with van der Waals surface area (Å²) in [7, 11) is 0.198. The molecular formula is C21H39NO6Si. The second kappa shape index (κ2) is 9.60. The van der Waals surface area contributed by atoms with Crippen LogP contribution in [0.3, 0.4) is 0 Å². The number of methoxy groups -OCH3 is 2. The number of hydrogen-bond acceptors (Lipinski definition) is 6. The van der Waals surface area contributed by atoms with Crippen LogP contribution in [0.1, 0.15) is 61.8 Å². The van der Waals surface area contributed by atoms with E-state index in [4.69, 9.17) is 13.9 Å². The highest BCUT2D eigenvalue weighted by molar-refractivity contribution is 6.77. The fraction of sp³-hybridized carbons (Fsp3) is 0.857. The van der Waals surface area contributed by atoms with Crippen molar-refractivity contribution in [3.05, 3.63) is 0 Å². The number of amides is 1. The van der Waals surface area contributed by atoms with Gasteiger partial charge in [-0.1, -0.05) is 55.4 Å². The molecule has 0 saturated carbocycles. The van der Waals surface area contributed by atoms with Crippen LogP contribution in [0.15, 0.2) is 0 Å². The number of ether oxygens (including phenoxy) is 2. The third kappa shape index (κ3) is 4.38. The van der Waals surface area contributed by atoms with Crippen LogP contribution in [0.2, 0.25) is 16.6 Å². The molecule has 29 heavy (non-hydrogen) atoms. The lowest BCUT2D eigenvalue weighted by atomic mass is 9.84. The smallest absolute Gasteiger partial charge is 0.410 e. The molecule has 1 aliphatic rings. The van der Waals surface area contributed by atoms with Crippen molar-refractivity contribution in [3.63, 3.8) is 0 Å². The van der Waals surface area contributed by atoms with Gasteiger partial charge in [0.25, 0.3) is 0 Å². The molecule has 168 valence electrons. The highest BCUT2D eigenvalue weighted by Gasteiger charge is 2.62. The van der Waals surface area contributed by atoms with Gasteiger partial charge in [-0.3, -0.25) is 9.69 Å². The maximum Gasteiger partial charge on any atom is 0.410 e. The number of carbonyl (C=O) groups is 3. The zero-order valence-electron chi connectivity index (χ0n) is 19.7. The number of Topliss-reactive ketones (excluding diaryl/α,β-unsaturated/α-hetero) is 1. The van der Waals surface area contributed by atoms with Gasteiger partial charge in [-0.25, -0.2) is 9.59 Å². The maximum absolute atomic E-state index is 13.2. The molecule has 1 heterocycles. The highest BCUT2D eigenvalue weighted by Crippen LogP contribution is 2.46. The van der Waals surface area contributed by atoms with Crippen molar-refractivity contribution < 1.29 is 28.3 Å². The lowest BCUT2D eigenvalue weighted by Crippen LogP contribution is -2.60. The first kappa shape index (κ1) is 25.6. The van der Waals surface area contributed by atoms with Crippen molar-refractivity contribution in [2.75, 3.05) is 20.8 Å².